The van der Waals surface area contributed by atoms with E-state index in [1.807, 2.05) is 23.5 Å². The summed E-state index contributed by atoms with van der Waals surface area (Å²) >= 11 is 3.98. The largest absolute Gasteiger partial charge is 0.414 e. The topological polar surface area (TPSA) is 29.5 Å². The van der Waals surface area contributed by atoms with E-state index in [0.717, 1.165) is 6.42 Å². The van der Waals surface area contributed by atoms with Crippen molar-refractivity contribution in [2.45, 2.75) is 62.4 Å². The van der Waals surface area contributed by atoms with Gasteiger partial charge in [-0.05, 0) is 42.5 Å². The highest BCUT2D eigenvalue weighted by Crippen LogP contribution is 2.37. The predicted octanol–water partition coefficient (Wildman–Crippen LogP) is 3.96. The Hall–Kier alpha value is 0.837. The lowest BCUT2D eigenvalue weighted by Crippen LogP contribution is -2.42. The van der Waals surface area contributed by atoms with Crippen molar-refractivity contribution in [1.82, 2.24) is 0 Å². The summed E-state index contributed by atoms with van der Waals surface area (Å²) in [4.78, 5) is 0. The third kappa shape index (κ3) is 5.45. The average molecular weight is 309 g/mol. The van der Waals surface area contributed by atoms with Crippen LogP contribution in [0.25, 0.3) is 0 Å². The molecule has 0 saturated carbocycles. The summed E-state index contributed by atoms with van der Waals surface area (Å²) in [7, 11) is -1.71. The molecule has 0 spiro atoms. The lowest BCUT2D eigenvalue weighted by molar-refractivity contribution is 0.0964. The molecule has 1 heterocycles. The quantitative estimate of drug-likeness (QED) is 0.779. The zero-order chi connectivity index (χ0) is 13.8. The summed E-state index contributed by atoms with van der Waals surface area (Å²) in [6, 6.07) is 0. The highest BCUT2D eigenvalue weighted by atomic mass is 32.2. The van der Waals surface area contributed by atoms with Gasteiger partial charge in [0.1, 0.15) is 0 Å². The fourth-order valence-corrected chi connectivity index (χ4v) is 5.54. The van der Waals surface area contributed by atoms with Gasteiger partial charge in [-0.1, -0.05) is 20.8 Å². The van der Waals surface area contributed by atoms with E-state index in [4.69, 9.17) is 4.43 Å². The van der Waals surface area contributed by atoms with Gasteiger partial charge < -0.3 is 9.53 Å². The van der Waals surface area contributed by atoms with Crippen LogP contribution in [-0.4, -0.2) is 42.2 Å². The minimum Gasteiger partial charge on any atom is -0.414 e. The molecule has 0 amide bonds. The second-order valence-corrected chi connectivity index (χ2v) is 14.2. The maximum Gasteiger partial charge on any atom is 0.192 e. The van der Waals surface area contributed by atoms with Gasteiger partial charge in [0.2, 0.25) is 0 Å². The van der Waals surface area contributed by atoms with Crippen LogP contribution >= 0.6 is 23.5 Å². The van der Waals surface area contributed by atoms with E-state index in [0.29, 0.717) is 11.2 Å². The Morgan fingerprint density at radius 2 is 1.83 bits per heavy atom. The van der Waals surface area contributed by atoms with Crippen molar-refractivity contribution in [3.8, 4) is 0 Å². The van der Waals surface area contributed by atoms with Gasteiger partial charge in [0.25, 0.3) is 0 Å². The minimum atomic E-state index is -1.71. The second kappa shape index (κ2) is 7.02. The Balaban J connectivity index is 2.30. The lowest BCUT2D eigenvalue weighted by Gasteiger charge is -2.37. The summed E-state index contributed by atoms with van der Waals surface area (Å²) in [5.41, 5.74) is 0. The standard InChI is InChI=1S/C13H28O2S2Si/c1-13(2,3)18(4,5)15-10-11(14)9-12-16-7-6-8-17-12/h11-12,14H,6-10H2,1-5H3/t11-/m0/s1. The Morgan fingerprint density at radius 1 is 1.28 bits per heavy atom. The number of thioether (sulfide) groups is 2. The molecule has 108 valence electrons. The second-order valence-electron chi connectivity index (χ2n) is 6.49. The fourth-order valence-electron chi connectivity index (χ4n) is 1.48. The molecule has 0 aromatic heterocycles. The molecule has 0 bridgehead atoms. The average Bonchev–Trinajstić information content (AvgIpc) is 2.26. The van der Waals surface area contributed by atoms with Crippen LogP contribution in [-0.2, 0) is 4.43 Å². The van der Waals surface area contributed by atoms with Gasteiger partial charge in [-0.3, -0.25) is 0 Å². The van der Waals surface area contributed by atoms with Gasteiger partial charge in [-0.25, -0.2) is 0 Å². The SMILES string of the molecule is CC(C)(C)[Si](C)(C)OC[C@@H](O)CC1SCCCS1. The van der Waals surface area contributed by atoms with Crippen LogP contribution in [0.4, 0.5) is 0 Å². The molecule has 1 atom stereocenters. The summed E-state index contributed by atoms with van der Waals surface area (Å²) in [5, 5.41) is 10.3. The maximum atomic E-state index is 10.1. The zero-order valence-corrected chi connectivity index (χ0v) is 15.0. The van der Waals surface area contributed by atoms with Crippen LogP contribution in [0.15, 0.2) is 0 Å². The van der Waals surface area contributed by atoms with E-state index < -0.39 is 8.32 Å². The summed E-state index contributed by atoms with van der Waals surface area (Å²) < 4.78 is 6.63. The van der Waals surface area contributed by atoms with Gasteiger partial charge in [0.15, 0.2) is 8.32 Å². The molecule has 0 aliphatic carbocycles. The van der Waals surface area contributed by atoms with Crippen LogP contribution < -0.4 is 0 Å². The lowest BCUT2D eigenvalue weighted by atomic mass is 10.2. The van der Waals surface area contributed by atoms with Crippen LogP contribution in [0.2, 0.25) is 18.1 Å². The molecule has 2 nitrogen and oxygen atoms in total. The molecule has 5 heteroatoms. The smallest absolute Gasteiger partial charge is 0.192 e. The van der Waals surface area contributed by atoms with Crippen molar-refractivity contribution < 1.29 is 9.53 Å². The number of hydrogen-bond acceptors (Lipinski definition) is 4. The van der Waals surface area contributed by atoms with Gasteiger partial charge in [-0.2, -0.15) is 0 Å². The zero-order valence-electron chi connectivity index (χ0n) is 12.4. The molecule has 1 aliphatic rings. The number of aliphatic hydroxyl groups excluding tert-OH is 1. The molecule has 0 aromatic rings. The normalized spacial score (nSPS) is 21.0. The van der Waals surface area contributed by atoms with Crippen LogP contribution in [0.5, 0.6) is 0 Å². The molecule has 1 N–H and O–H groups in total. The van der Waals surface area contributed by atoms with Crippen LogP contribution in [0, 0.1) is 0 Å². The maximum absolute atomic E-state index is 10.1. The van der Waals surface area contributed by atoms with E-state index >= 15 is 0 Å². The minimum absolute atomic E-state index is 0.223. The van der Waals surface area contributed by atoms with Gasteiger partial charge in [-0.15, -0.1) is 23.5 Å². The van der Waals surface area contributed by atoms with Crippen molar-refractivity contribution in [3.63, 3.8) is 0 Å². The molecular formula is C13H28O2S2Si. The summed E-state index contributed by atoms with van der Waals surface area (Å²) in [6.07, 6.45) is 1.87. The molecular weight excluding hydrogens is 280 g/mol. The van der Waals surface area contributed by atoms with E-state index in [2.05, 4.69) is 33.9 Å². The third-order valence-corrected chi connectivity index (χ3v) is 11.3. The molecule has 1 saturated heterocycles. The van der Waals surface area contributed by atoms with Gasteiger partial charge >= 0.3 is 0 Å². The molecule has 18 heavy (non-hydrogen) atoms. The van der Waals surface area contributed by atoms with Crippen molar-refractivity contribution in [2.75, 3.05) is 18.1 Å². The number of hydrogen-bond donors (Lipinski definition) is 1. The Labute approximate surface area is 122 Å². The molecule has 0 radical (unpaired) electrons. The first-order valence-corrected chi connectivity index (χ1v) is 11.8. The Bertz CT molecular complexity index is 248. The van der Waals surface area contributed by atoms with Crippen molar-refractivity contribution in [1.29, 1.82) is 0 Å². The fraction of sp³-hybridized carbons (Fsp3) is 1.00. The Morgan fingerprint density at radius 3 is 2.33 bits per heavy atom. The third-order valence-electron chi connectivity index (χ3n) is 3.80. The first kappa shape index (κ1) is 16.9. The first-order valence-electron chi connectivity index (χ1n) is 6.77. The number of aliphatic hydroxyl groups is 1. The molecule has 1 rings (SSSR count). The molecule has 1 fully saturated rings. The summed E-state index contributed by atoms with van der Waals surface area (Å²) in [5.74, 6) is 2.49. The van der Waals surface area contributed by atoms with E-state index in [1.165, 1.54) is 17.9 Å². The van der Waals surface area contributed by atoms with Gasteiger partial charge in [0, 0.05) is 0 Å². The van der Waals surface area contributed by atoms with Crippen molar-refractivity contribution in [2.24, 2.45) is 0 Å². The first-order chi connectivity index (χ1) is 8.22. The highest BCUT2D eigenvalue weighted by Gasteiger charge is 2.37. The van der Waals surface area contributed by atoms with Gasteiger partial charge in [0.05, 0.1) is 17.3 Å². The number of rotatable bonds is 5. The monoisotopic (exact) mass is 308 g/mol. The van der Waals surface area contributed by atoms with Crippen LogP contribution in [0.3, 0.4) is 0 Å². The van der Waals surface area contributed by atoms with Crippen molar-refractivity contribution in [3.05, 3.63) is 0 Å². The predicted molar refractivity (Wildman–Crippen MR) is 87.1 cm³/mol. The van der Waals surface area contributed by atoms with E-state index in [9.17, 15) is 5.11 Å². The molecule has 1 aliphatic heterocycles. The van der Waals surface area contributed by atoms with Crippen LogP contribution in [0.1, 0.15) is 33.6 Å². The Kier molecular flexibility index (Phi) is 6.59. The summed E-state index contributed by atoms with van der Waals surface area (Å²) in [6.45, 7) is 11.7. The molecule has 0 aromatic carbocycles. The van der Waals surface area contributed by atoms with E-state index in [1.54, 1.807) is 0 Å². The van der Waals surface area contributed by atoms with Crippen molar-refractivity contribution >= 4 is 31.8 Å². The molecule has 0 unspecified atom stereocenters. The highest BCUT2D eigenvalue weighted by molar-refractivity contribution is 8.17. The van der Waals surface area contributed by atoms with E-state index in [-0.39, 0.29) is 11.1 Å².